The lowest BCUT2D eigenvalue weighted by Gasteiger charge is -2.26. The van der Waals surface area contributed by atoms with Gasteiger partial charge in [-0.15, -0.1) is 11.3 Å². The van der Waals surface area contributed by atoms with E-state index in [-0.39, 0.29) is 0 Å². The van der Waals surface area contributed by atoms with E-state index in [0.29, 0.717) is 0 Å². The van der Waals surface area contributed by atoms with Gasteiger partial charge in [0.2, 0.25) is 0 Å². The van der Waals surface area contributed by atoms with Crippen molar-refractivity contribution >= 4 is 38.5 Å². The highest BCUT2D eigenvalue weighted by atomic mass is 32.1. The molecular weight excluding hydrogens is 430 g/mol. The first-order valence-electron chi connectivity index (χ1n) is 11.4. The first-order valence-corrected chi connectivity index (χ1v) is 12.3. The van der Waals surface area contributed by atoms with Gasteiger partial charge < -0.3 is 4.90 Å². The minimum absolute atomic E-state index is 1.15. The van der Waals surface area contributed by atoms with Crippen LogP contribution in [0.2, 0.25) is 0 Å². The molecule has 1 aromatic heterocycles. The van der Waals surface area contributed by atoms with Crippen LogP contribution in [-0.4, -0.2) is 0 Å². The van der Waals surface area contributed by atoms with Gasteiger partial charge in [0.15, 0.2) is 0 Å². The van der Waals surface area contributed by atoms with Crippen molar-refractivity contribution in [2.24, 2.45) is 0 Å². The molecule has 1 heterocycles. The van der Waals surface area contributed by atoms with E-state index in [1.807, 2.05) is 0 Å². The van der Waals surface area contributed by atoms with Gasteiger partial charge in [0.1, 0.15) is 5.00 Å². The molecular formula is C32H23NS. The zero-order valence-corrected chi connectivity index (χ0v) is 19.5. The molecule has 6 aromatic rings. The van der Waals surface area contributed by atoms with E-state index < -0.39 is 0 Å². The van der Waals surface area contributed by atoms with Crippen molar-refractivity contribution in [1.29, 1.82) is 0 Å². The molecule has 6 rings (SSSR count). The summed E-state index contributed by atoms with van der Waals surface area (Å²) in [7, 11) is 0. The summed E-state index contributed by atoms with van der Waals surface area (Å²) in [6, 6.07) is 47.4. The third kappa shape index (κ3) is 3.79. The molecule has 0 spiro atoms. The van der Waals surface area contributed by atoms with Crippen molar-refractivity contribution in [2.45, 2.75) is 0 Å². The summed E-state index contributed by atoms with van der Waals surface area (Å²) in [5.41, 5.74) is 7.27. The highest BCUT2D eigenvalue weighted by molar-refractivity contribution is 7.15. The second-order valence-electron chi connectivity index (χ2n) is 8.26. The van der Waals surface area contributed by atoms with Gasteiger partial charge in [0, 0.05) is 27.9 Å². The summed E-state index contributed by atoms with van der Waals surface area (Å²) in [5.74, 6) is 0. The van der Waals surface area contributed by atoms with Gasteiger partial charge in [-0.1, -0.05) is 109 Å². The van der Waals surface area contributed by atoms with Crippen LogP contribution in [0.1, 0.15) is 0 Å². The maximum Gasteiger partial charge on any atom is 0.109 e. The van der Waals surface area contributed by atoms with Crippen LogP contribution >= 0.6 is 11.3 Å². The first-order chi connectivity index (χ1) is 16.9. The van der Waals surface area contributed by atoms with Crippen LogP contribution in [0.3, 0.4) is 0 Å². The number of anilines is 3. The number of benzene rings is 5. The predicted octanol–water partition coefficient (Wildman–Crippen LogP) is 9.71. The Bertz CT molecular complexity index is 1540. The summed E-state index contributed by atoms with van der Waals surface area (Å²) < 4.78 is 0. The Balaban J connectivity index is 1.62. The Morgan fingerprint density at radius 1 is 0.471 bits per heavy atom. The molecule has 1 nitrogen and oxygen atoms in total. The molecule has 0 saturated carbocycles. The van der Waals surface area contributed by atoms with Gasteiger partial charge in [-0.25, -0.2) is 0 Å². The van der Waals surface area contributed by atoms with Gasteiger partial charge in [0.05, 0.1) is 0 Å². The van der Waals surface area contributed by atoms with Crippen LogP contribution in [-0.2, 0) is 0 Å². The number of nitrogens with zero attached hydrogens (tertiary/aromatic N) is 1. The van der Waals surface area contributed by atoms with Crippen molar-refractivity contribution in [2.75, 3.05) is 4.90 Å². The van der Waals surface area contributed by atoms with Gasteiger partial charge in [-0.05, 0) is 46.2 Å². The molecule has 2 heteroatoms. The largest absolute Gasteiger partial charge is 0.301 e. The molecule has 0 unspecified atom stereocenters. The van der Waals surface area contributed by atoms with Gasteiger partial charge in [0.25, 0.3) is 0 Å². The third-order valence-corrected chi connectivity index (χ3v) is 7.09. The molecule has 162 valence electrons. The Hall–Kier alpha value is -4.14. The fourth-order valence-corrected chi connectivity index (χ4v) is 5.65. The first kappa shape index (κ1) is 20.5. The standard InChI is InChI=1S/C32H23NS/c1-4-13-25(14-5-1)30-23-34-32(31(30)26-15-6-2-7-16-26)33(28-18-8-3-9-19-28)29-21-20-24-12-10-11-17-27(24)22-29/h1-23H. The van der Waals surface area contributed by atoms with E-state index >= 15 is 0 Å². The van der Waals surface area contributed by atoms with E-state index in [4.69, 9.17) is 0 Å². The van der Waals surface area contributed by atoms with E-state index in [1.54, 1.807) is 11.3 Å². The van der Waals surface area contributed by atoms with Crippen molar-refractivity contribution in [3.05, 3.63) is 139 Å². The van der Waals surface area contributed by atoms with E-state index in [0.717, 1.165) is 11.4 Å². The van der Waals surface area contributed by atoms with Crippen LogP contribution in [0.5, 0.6) is 0 Å². The second-order valence-corrected chi connectivity index (χ2v) is 9.12. The fraction of sp³-hybridized carbons (Fsp3) is 0. The number of para-hydroxylation sites is 1. The van der Waals surface area contributed by atoms with Gasteiger partial charge in [-0.2, -0.15) is 0 Å². The third-order valence-electron chi connectivity index (χ3n) is 6.13. The summed E-state index contributed by atoms with van der Waals surface area (Å²) in [4.78, 5) is 2.39. The van der Waals surface area contributed by atoms with Crippen molar-refractivity contribution in [3.8, 4) is 22.3 Å². The van der Waals surface area contributed by atoms with Crippen LogP contribution in [0.15, 0.2) is 139 Å². The molecule has 0 saturated heterocycles. The van der Waals surface area contributed by atoms with Gasteiger partial charge >= 0.3 is 0 Å². The van der Waals surface area contributed by atoms with Gasteiger partial charge in [-0.3, -0.25) is 0 Å². The monoisotopic (exact) mass is 453 g/mol. The Morgan fingerprint density at radius 2 is 1.06 bits per heavy atom. The summed E-state index contributed by atoms with van der Waals surface area (Å²) in [5, 5.41) is 6.00. The van der Waals surface area contributed by atoms with Crippen LogP contribution in [0, 0.1) is 0 Å². The minimum Gasteiger partial charge on any atom is -0.301 e. The summed E-state index contributed by atoms with van der Waals surface area (Å²) in [6.45, 7) is 0. The molecule has 5 aromatic carbocycles. The fourth-order valence-electron chi connectivity index (χ4n) is 4.50. The van der Waals surface area contributed by atoms with Crippen molar-refractivity contribution in [3.63, 3.8) is 0 Å². The average Bonchev–Trinajstić information content (AvgIpc) is 3.35. The number of hydrogen-bond donors (Lipinski definition) is 0. The molecule has 0 aliphatic heterocycles. The zero-order chi connectivity index (χ0) is 22.7. The van der Waals surface area contributed by atoms with E-state index in [9.17, 15) is 0 Å². The van der Waals surface area contributed by atoms with Crippen LogP contribution in [0.25, 0.3) is 33.0 Å². The zero-order valence-electron chi connectivity index (χ0n) is 18.6. The Morgan fingerprint density at radius 3 is 1.76 bits per heavy atom. The molecule has 0 aliphatic carbocycles. The van der Waals surface area contributed by atoms with E-state index in [1.165, 1.54) is 38.0 Å². The number of thiophene rings is 1. The molecule has 0 amide bonds. The summed E-state index contributed by atoms with van der Waals surface area (Å²) >= 11 is 1.79. The van der Waals surface area contributed by atoms with E-state index in [2.05, 4.69) is 144 Å². The predicted molar refractivity (Wildman–Crippen MR) is 147 cm³/mol. The number of fused-ring (bicyclic) bond motifs is 1. The highest BCUT2D eigenvalue weighted by Gasteiger charge is 2.22. The Kier molecular flexibility index (Phi) is 5.42. The average molecular weight is 454 g/mol. The number of hydrogen-bond acceptors (Lipinski definition) is 2. The van der Waals surface area contributed by atoms with Crippen molar-refractivity contribution in [1.82, 2.24) is 0 Å². The number of rotatable bonds is 5. The highest BCUT2D eigenvalue weighted by Crippen LogP contribution is 2.49. The lowest BCUT2D eigenvalue weighted by molar-refractivity contribution is 1.32. The molecule has 0 N–H and O–H groups in total. The Labute approximate surface area is 204 Å². The molecule has 34 heavy (non-hydrogen) atoms. The molecule has 0 aliphatic rings. The topological polar surface area (TPSA) is 3.24 Å². The lowest BCUT2D eigenvalue weighted by Crippen LogP contribution is -2.09. The molecule has 0 atom stereocenters. The maximum atomic E-state index is 2.39. The molecule has 0 fully saturated rings. The lowest BCUT2D eigenvalue weighted by atomic mass is 9.97. The molecule has 0 bridgehead atoms. The van der Waals surface area contributed by atoms with Crippen LogP contribution < -0.4 is 4.90 Å². The quantitative estimate of drug-likeness (QED) is 0.251. The summed E-state index contributed by atoms with van der Waals surface area (Å²) in [6.07, 6.45) is 0. The maximum absolute atomic E-state index is 2.39. The normalized spacial score (nSPS) is 10.9. The van der Waals surface area contributed by atoms with Crippen molar-refractivity contribution < 1.29 is 0 Å². The minimum atomic E-state index is 1.15. The van der Waals surface area contributed by atoms with Crippen LogP contribution in [0.4, 0.5) is 16.4 Å². The molecule has 0 radical (unpaired) electrons. The smallest absolute Gasteiger partial charge is 0.109 e. The second kappa shape index (κ2) is 9.01. The SMILES string of the molecule is c1ccc(-c2csc(N(c3ccccc3)c3ccc4ccccc4c3)c2-c2ccccc2)cc1.